The largest absolute Gasteiger partial charge is 0.481 e. The third-order valence-corrected chi connectivity index (χ3v) is 3.72. The number of nitrogens with one attached hydrogen (secondary N) is 1. The molecule has 0 aromatic heterocycles. The summed E-state index contributed by atoms with van der Waals surface area (Å²) in [6, 6.07) is 3.68. The number of amides is 1. The Labute approximate surface area is 163 Å². The molecular formula is C15H16Cl2N2O8. The van der Waals surface area contributed by atoms with Crippen LogP contribution in [0.3, 0.4) is 0 Å². The molecular weight excluding hydrogens is 407 g/mol. The average Bonchev–Trinajstić information content (AvgIpc) is 2.62. The van der Waals surface area contributed by atoms with Crippen molar-refractivity contribution in [2.24, 2.45) is 0 Å². The Morgan fingerprint density at radius 1 is 1.19 bits per heavy atom. The minimum Gasteiger partial charge on any atom is -0.481 e. The van der Waals surface area contributed by atoms with Gasteiger partial charge in [0.1, 0.15) is 12.7 Å². The van der Waals surface area contributed by atoms with Crippen LogP contribution in [0.1, 0.15) is 24.5 Å². The van der Waals surface area contributed by atoms with Crippen LogP contribution in [-0.4, -0.2) is 50.5 Å². The molecule has 0 radical (unpaired) electrons. The van der Waals surface area contributed by atoms with Crippen molar-refractivity contribution in [3.05, 3.63) is 39.9 Å². The zero-order valence-corrected chi connectivity index (χ0v) is 15.2. The number of hydrogen-bond acceptors (Lipinski definition) is 7. The zero-order valence-electron chi connectivity index (χ0n) is 13.7. The lowest BCUT2D eigenvalue weighted by atomic mass is 10.0. The number of alkyl halides is 2. The molecule has 0 aliphatic carbocycles. The van der Waals surface area contributed by atoms with Crippen LogP contribution >= 0.6 is 23.2 Å². The molecule has 27 heavy (non-hydrogen) atoms. The second kappa shape index (κ2) is 10.7. The predicted octanol–water partition coefficient (Wildman–Crippen LogP) is 1.32. The molecule has 10 nitrogen and oxygen atoms in total. The van der Waals surface area contributed by atoms with Crippen molar-refractivity contribution in [1.82, 2.24) is 5.32 Å². The minimum atomic E-state index is -1.45. The second-order valence-electron chi connectivity index (χ2n) is 5.29. The van der Waals surface area contributed by atoms with E-state index in [1.165, 1.54) is 12.1 Å². The number of aliphatic carboxylic acids is 1. The van der Waals surface area contributed by atoms with E-state index >= 15 is 0 Å². The van der Waals surface area contributed by atoms with Gasteiger partial charge in [-0.1, -0.05) is 23.2 Å². The van der Waals surface area contributed by atoms with Gasteiger partial charge in [-0.2, -0.15) is 0 Å². The van der Waals surface area contributed by atoms with Crippen LogP contribution in [0.25, 0.3) is 0 Å². The highest BCUT2D eigenvalue weighted by atomic mass is 35.5. The molecule has 1 aromatic rings. The van der Waals surface area contributed by atoms with Gasteiger partial charge in [-0.3, -0.25) is 24.5 Å². The Hall–Kier alpha value is -2.43. The summed E-state index contributed by atoms with van der Waals surface area (Å²) in [6.45, 7) is -0.497. The number of benzene rings is 1. The lowest BCUT2D eigenvalue weighted by Gasteiger charge is -2.24. The maximum atomic E-state index is 11.7. The number of aliphatic hydroxyl groups is 1. The highest BCUT2D eigenvalue weighted by Gasteiger charge is 2.27. The van der Waals surface area contributed by atoms with Gasteiger partial charge in [-0.25, -0.2) is 0 Å². The number of carbonyl (C=O) groups is 3. The van der Waals surface area contributed by atoms with E-state index < -0.39 is 59.2 Å². The van der Waals surface area contributed by atoms with E-state index in [0.717, 1.165) is 12.1 Å². The van der Waals surface area contributed by atoms with Gasteiger partial charge >= 0.3 is 11.9 Å². The Morgan fingerprint density at radius 2 is 1.78 bits per heavy atom. The molecule has 148 valence electrons. The fraction of sp³-hybridized carbons (Fsp3) is 0.400. The number of aliphatic hydroxyl groups excluding tert-OH is 1. The minimum absolute atomic E-state index is 0.201. The summed E-state index contributed by atoms with van der Waals surface area (Å²) in [5.74, 6) is -2.89. The second-order valence-corrected chi connectivity index (χ2v) is 6.38. The highest BCUT2D eigenvalue weighted by Crippen LogP contribution is 2.21. The molecule has 0 heterocycles. The molecule has 0 bridgehead atoms. The molecule has 1 aromatic carbocycles. The number of halogens is 2. The highest BCUT2D eigenvalue weighted by molar-refractivity contribution is 6.53. The molecule has 0 spiro atoms. The molecule has 3 N–H and O–H groups in total. The number of carbonyl (C=O) groups excluding carboxylic acids is 2. The first-order valence-electron chi connectivity index (χ1n) is 7.50. The van der Waals surface area contributed by atoms with Gasteiger partial charge in [-0.05, 0) is 17.7 Å². The summed E-state index contributed by atoms with van der Waals surface area (Å²) in [5.41, 5.74) is 0.00129. The van der Waals surface area contributed by atoms with Gasteiger partial charge in [0.15, 0.2) is 4.84 Å². The summed E-state index contributed by atoms with van der Waals surface area (Å²) < 4.78 is 4.87. The van der Waals surface area contributed by atoms with Crippen molar-refractivity contribution in [3.63, 3.8) is 0 Å². The average molecular weight is 423 g/mol. The molecule has 0 aliphatic rings. The fourth-order valence-corrected chi connectivity index (χ4v) is 2.07. The van der Waals surface area contributed by atoms with E-state index in [0.29, 0.717) is 0 Å². The number of carboxylic acid groups (broad SMARTS) is 1. The molecule has 12 heteroatoms. The number of non-ortho nitro benzene ring substituents is 1. The molecule has 2 atom stereocenters. The predicted molar refractivity (Wildman–Crippen MR) is 93.3 cm³/mol. The first kappa shape index (κ1) is 22.6. The number of rotatable bonds is 10. The van der Waals surface area contributed by atoms with Crippen molar-refractivity contribution < 1.29 is 34.3 Å². The van der Waals surface area contributed by atoms with Crippen molar-refractivity contribution in [3.8, 4) is 0 Å². The number of carboxylic acids is 1. The van der Waals surface area contributed by atoms with Gasteiger partial charge in [0.25, 0.3) is 11.6 Å². The summed E-state index contributed by atoms with van der Waals surface area (Å²) in [4.78, 5) is 42.3. The van der Waals surface area contributed by atoms with E-state index in [9.17, 15) is 29.6 Å². The third kappa shape index (κ3) is 7.77. The normalized spacial score (nSPS) is 12.9. The molecule has 0 aliphatic heterocycles. The van der Waals surface area contributed by atoms with Crippen molar-refractivity contribution >= 4 is 46.7 Å². The number of ether oxygens (including phenoxy) is 1. The Balaban J connectivity index is 2.85. The van der Waals surface area contributed by atoms with Crippen LogP contribution in [0.4, 0.5) is 5.69 Å². The topological polar surface area (TPSA) is 156 Å². The van der Waals surface area contributed by atoms with Crippen LogP contribution in [-0.2, 0) is 19.1 Å². The zero-order chi connectivity index (χ0) is 20.6. The van der Waals surface area contributed by atoms with E-state index in [4.69, 9.17) is 33.0 Å². The SMILES string of the molecule is O=C(O)CCC(=O)OC[C@@H](NC(=O)C(Cl)Cl)[C@@H](O)c1ccc([N+](=O)[O-])cc1. The summed E-state index contributed by atoms with van der Waals surface area (Å²) >= 11 is 10.9. The summed E-state index contributed by atoms with van der Waals surface area (Å²) in [7, 11) is 0. The molecule has 0 saturated heterocycles. The molecule has 0 saturated carbocycles. The smallest absolute Gasteiger partial charge is 0.306 e. The van der Waals surface area contributed by atoms with Crippen molar-refractivity contribution in [2.75, 3.05) is 6.61 Å². The third-order valence-electron chi connectivity index (χ3n) is 3.32. The van der Waals surface area contributed by atoms with Gasteiger partial charge in [0, 0.05) is 12.1 Å². The lowest BCUT2D eigenvalue weighted by Crippen LogP contribution is -2.45. The standard InChI is InChI=1S/C15H16Cl2N2O8/c16-14(17)15(24)18-10(7-27-12(22)6-5-11(20)21)13(23)8-1-3-9(4-2-8)19(25)26/h1-4,10,13-14,23H,5-7H2,(H,18,24)(H,20,21)/t10-,13+/m1/s1. The number of esters is 1. The number of hydrogen-bond donors (Lipinski definition) is 3. The fourth-order valence-electron chi connectivity index (χ4n) is 1.95. The monoisotopic (exact) mass is 422 g/mol. The number of nitrogens with zero attached hydrogens (tertiary/aromatic N) is 1. The van der Waals surface area contributed by atoms with Gasteiger partial charge < -0.3 is 20.3 Å². The van der Waals surface area contributed by atoms with Gasteiger partial charge in [0.05, 0.1) is 23.8 Å². The first-order valence-corrected chi connectivity index (χ1v) is 8.37. The molecule has 0 fully saturated rings. The molecule has 1 amide bonds. The quantitative estimate of drug-likeness (QED) is 0.220. The Kier molecular flexibility index (Phi) is 8.92. The van der Waals surface area contributed by atoms with Crippen LogP contribution in [0, 0.1) is 10.1 Å². The molecule has 1 rings (SSSR count). The first-order chi connectivity index (χ1) is 12.6. The lowest BCUT2D eigenvalue weighted by molar-refractivity contribution is -0.384. The van der Waals surface area contributed by atoms with E-state index in [1.807, 2.05) is 0 Å². The summed E-state index contributed by atoms with van der Waals surface area (Å²) in [5, 5.41) is 31.9. The Morgan fingerprint density at radius 3 is 2.26 bits per heavy atom. The van der Waals surface area contributed by atoms with E-state index in [1.54, 1.807) is 0 Å². The van der Waals surface area contributed by atoms with Crippen LogP contribution < -0.4 is 5.32 Å². The maximum Gasteiger partial charge on any atom is 0.306 e. The van der Waals surface area contributed by atoms with Crippen LogP contribution in [0.5, 0.6) is 0 Å². The van der Waals surface area contributed by atoms with E-state index in [2.05, 4.69) is 5.32 Å². The maximum absolute atomic E-state index is 11.7. The van der Waals surface area contributed by atoms with Crippen LogP contribution in [0.15, 0.2) is 24.3 Å². The van der Waals surface area contributed by atoms with Crippen molar-refractivity contribution in [2.45, 2.75) is 29.8 Å². The van der Waals surface area contributed by atoms with Gasteiger partial charge in [0.2, 0.25) is 0 Å². The Bertz CT molecular complexity index is 696. The van der Waals surface area contributed by atoms with Gasteiger partial charge in [-0.15, -0.1) is 0 Å². The van der Waals surface area contributed by atoms with Crippen molar-refractivity contribution in [1.29, 1.82) is 0 Å². The summed E-state index contributed by atoms with van der Waals surface area (Å²) in [6.07, 6.45) is -2.24. The number of nitro benzene ring substituents is 1. The van der Waals surface area contributed by atoms with Crippen LogP contribution in [0.2, 0.25) is 0 Å². The molecule has 0 unspecified atom stereocenters. The van der Waals surface area contributed by atoms with E-state index in [-0.39, 0.29) is 11.3 Å². The number of nitro groups is 1.